The molecule has 1 heterocycles. The zero-order chi connectivity index (χ0) is 11.3. The van der Waals surface area contributed by atoms with Crippen LogP contribution in [0.2, 0.25) is 0 Å². The fraction of sp³-hybridized carbons (Fsp3) is 0.200. The van der Waals surface area contributed by atoms with E-state index in [0.29, 0.717) is 12.1 Å². The maximum Gasteiger partial charge on any atom is 0.236 e. The van der Waals surface area contributed by atoms with Gasteiger partial charge in [0.15, 0.2) is 0 Å². The van der Waals surface area contributed by atoms with Gasteiger partial charge in [0.1, 0.15) is 0 Å². The van der Waals surface area contributed by atoms with Gasteiger partial charge in [-0.1, -0.05) is 12.2 Å². The highest BCUT2D eigenvalue weighted by Gasteiger charge is 1.98. The Kier molecular flexibility index (Phi) is 3.79. The normalized spacial score (nSPS) is 10.5. The Labute approximate surface area is 87.0 Å². The number of halogens is 1. The number of hydrogen-bond donors (Lipinski definition) is 2. The predicted molar refractivity (Wildman–Crippen MR) is 56.3 cm³/mol. The molecule has 5 heteroatoms. The van der Waals surface area contributed by atoms with E-state index in [2.05, 4.69) is 10.3 Å². The second-order valence-corrected chi connectivity index (χ2v) is 2.99. The molecule has 15 heavy (non-hydrogen) atoms. The summed E-state index contributed by atoms with van der Waals surface area (Å²) >= 11 is 0. The number of rotatable bonds is 3. The van der Waals surface area contributed by atoms with E-state index < -0.39 is 5.95 Å². The minimum absolute atomic E-state index is 0.0108. The largest absolute Gasteiger partial charge is 0.395 e. The molecule has 0 fully saturated rings. The number of anilines is 1. The van der Waals surface area contributed by atoms with Gasteiger partial charge in [0.2, 0.25) is 11.9 Å². The van der Waals surface area contributed by atoms with Gasteiger partial charge in [0.05, 0.1) is 5.69 Å². The summed E-state index contributed by atoms with van der Waals surface area (Å²) in [6.45, 7) is 1.86. The summed E-state index contributed by atoms with van der Waals surface area (Å²) < 4.78 is 12.7. The van der Waals surface area contributed by atoms with E-state index in [4.69, 9.17) is 5.73 Å². The number of carbonyl (C=O) groups is 1. The minimum atomic E-state index is -0.672. The lowest BCUT2D eigenvalue weighted by atomic mass is 10.2. The van der Waals surface area contributed by atoms with Crippen molar-refractivity contribution in [3.05, 3.63) is 29.9 Å². The Hall–Kier alpha value is -1.91. The van der Waals surface area contributed by atoms with Crippen molar-refractivity contribution in [3.8, 4) is 0 Å². The van der Waals surface area contributed by atoms with Crippen LogP contribution in [0.5, 0.6) is 0 Å². The van der Waals surface area contributed by atoms with Crippen LogP contribution in [-0.2, 0) is 4.79 Å². The van der Waals surface area contributed by atoms with Crippen molar-refractivity contribution in [3.63, 3.8) is 0 Å². The zero-order valence-electron chi connectivity index (χ0n) is 8.33. The smallest absolute Gasteiger partial charge is 0.236 e. The van der Waals surface area contributed by atoms with Crippen LogP contribution < -0.4 is 11.1 Å². The van der Waals surface area contributed by atoms with Gasteiger partial charge < -0.3 is 11.1 Å². The molecule has 1 rings (SSSR count). The Morgan fingerprint density at radius 1 is 1.73 bits per heavy atom. The van der Waals surface area contributed by atoms with Crippen molar-refractivity contribution in [1.82, 2.24) is 10.3 Å². The molecule has 80 valence electrons. The first-order valence-electron chi connectivity index (χ1n) is 4.41. The average molecular weight is 209 g/mol. The molecule has 0 spiro atoms. The van der Waals surface area contributed by atoms with Crippen molar-refractivity contribution >= 4 is 17.7 Å². The van der Waals surface area contributed by atoms with Crippen molar-refractivity contribution < 1.29 is 9.18 Å². The molecule has 1 aromatic rings. The number of pyridine rings is 1. The molecule has 3 N–H and O–H groups in total. The van der Waals surface area contributed by atoms with Crippen LogP contribution in [0.25, 0.3) is 6.08 Å². The molecule has 0 unspecified atom stereocenters. The zero-order valence-corrected chi connectivity index (χ0v) is 8.33. The van der Waals surface area contributed by atoms with E-state index in [1.807, 2.05) is 0 Å². The molecule has 0 saturated carbocycles. The SMILES string of the molecule is CC(=O)NCC=Cc1cnc(F)c(N)c1. The number of nitrogen functional groups attached to an aromatic ring is 1. The third-order valence-electron chi connectivity index (χ3n) is 1.67. The van der Waals surface area contributed by atoms with Crippen molar-refractivity contribution in [2.45, 2.75) is 6.92 Å². The topological polar surface area (TPSA) is 68.0 Å². The Balaban J connectivity index is 2.57. The fourth-order valence-corrected chi connectivity index (χ4v) is 0.971. The molecule has 0 saturated heterocycles. The highest BCUT2D eigenvalue weighted by atomic mass is 19.1. The Bertz CT molecular complexity index is 390. The fourth-order valence-electron chi connectivity index (χ4n) is 0.971. The maximum absolute atomic E-state index is 12.7. The van der Waals surface area contributed by atoms with Crippen LogP contribution in [0.4, 0.5) is 10.1 Å². The maximum atomic E-state index is 12.7. The molecule has 0 atom stereocenters. The van der Waals surface area contributed by atoms with E-state index in [0.717, 1.165) is 0 Å². The van der Waals surface area contributed by atoms with Gasteiger partial charge in [0, 0.05) is 19.7 Å². The van der Waals surface area contributed by atoms with E-state index in [-0.39, 0.29) is 11.6 Å². The van der Waals surface area contributed by atoms with Gasteiger partial charge in [-0.3, -0.25) is 4.79 Å². The van der Waals surface area contributed by atoms with Crippen LogP contribution in [0.15, 0.2) is 18.3 Å². The average Bonchev–Trinajstić information content (AvgIpc) is 2.18. The van der Waals surface area contributed by atoms with Crippen molar-refractivity contribution in [2.75, 3.05) is 12.3 Å². The summed E-state index contributed by atoms with van der Waals surface area (Å²) in [6, 6.07) is 1.48. The number of aromatic nitrogens is 1. The quantitative estimate of drug-likeness (QED) is 0.728. The van der Waals surface area contributed by atoms with Gasteiger partial charge in [0.25, 0.3) is 0 Å². The van der Waals surface area contributed by atoms with Gasteiger partial charge in [-0.2, -0.15) is 4.39 Å². The Morgan fingerprint density at radius 2 is 2.47 bits per heavy atom. The van der Waals surface area contributed by atoms with Crippen LogP contribution in [-0.4, -0.2) is 17.4 Å². The molecule has 4 nitrogen and oxygen atoms in total. The van der Waals surface area contributed by atoms with Crippen LogP contribution >= 0.6 is 0 Å². The van der Waals surface area contributed by atoms with Gasteiger partial charge in [-0.15, -0.1) is 0 Å². The lowest BCUT2D eigenvalue weighted by Gasteiger charge is -1.98. The van der Waals surface area contributed by atoms with E-state index in [1.54, 1.807) is 12.2 Å². The summed E-state index contributed by atoms with van der Waals surface area (Å²) in [5.41, 5.74) is 6.04. The third kappa shape index (κ3) is 3.76. The van der Waals surface area contributed by atoms with E-state index in [9.17, 15) is 9.18 Å². The molecule has 1 amide bonds. The summed E-state index contributed by atoms with van der Waals surface area (Å²) in [7, 11) is 0. The molecular weight excluding hydrogens is 197 g/mol. The second-order valence-electron chi connectivity index (χ2n) is 2.99. The van der Waals surface area contributed by atoms with E-state index >= 15 is 0 Å². The van der Waals surface area contributed by atoms with Gasteiger partial charge >= 0.3 is 0 Å². The predicted octanol–water partition coefficient (Wildman–Crippen LogP) is 0.952. The van der Waals surface area contributed by atoms with Crippen LogP contribution in [0.3, 0.4) is 0 Å². The van der Waals surface area contributed by atoms with Crippen LogP contribution in [0.1, 0.15) is 12.5 Å². The molecule has 0 aliphatic carbocycles. The molecule has 0 aromatic carbocycles. The molecule has 0 aliphatic heterocycles. The number of nitrogens with one attached hydrogen (secondary N) is 1. The molecule has 0 aliphatic rings. The first-order valence-corrected chi connectivity index (χ1v) is 4.41. The number of hydrogen-bond acceptors (Lipinski definition) is 3. The summed E-state index contributed by atoms with van der Waals surface area (Å²) in [6.07, 6.45) is 4.81. The van der Waals surface area contributed by atoms with Crippen molar-refractivity contribution in [1.29, 1.82) is 0 Å². The third-order valence-corrected chi connectivity index (χ3v) is 1.67. The van der Waals surface area contributed by atoms with Crippen LogP contribution in [0, 0.1) is 5.95 Å². The number of carbonyl (C=O) groups excluding carboxylic acids is 1. The standard InChI is InChI=1S/C10H12FN3O/c1-7(15)13-4-2-3-8-5-9(12)10(11)14-6-8/h2-3,5-6H,4,12H2,1H3,(H,13,15). The summed E-state index contributed by atoms with van der Waals surface area (Å²) in [5.74, 6) is -0.773. The first-order chi connectivity index (χ1) is 7.09. The second kappa shape index (κ2) is 5.09. The lowest BCUT2D eigenvalue weighted by molar-refractivity contribution is -0.118. The summed E-state index contributed by atoms with van der Waals surface area (Å²) in [4.78, 5) is 14.0. The van der Waals surface area contributed by atoms with Gasteiger partial charge in [-0.25, -0.2) is 4.98 Å². The number of nitrogens with zero attached hydrogens (tertiary/aromatic N) is 1. The highest BCUT2D eigenvalue weighted by molar-refractivity contribution is 5.73. The summed E-state index contributed by atoms with van der Waals surface area (Å²) in [5, 5.41) is 2.59. The molecule has 1 aromatic heterocycles. The molecular formula is C10H12FN3O. The highest BCUT2D eigenvalue weighted by Crippen LogP contribution is 2.09. The lowest BCUT2D eigenvalue weighted by Crippen LogP contribution is -2.19. The monoisotopic (exact) mass is 209 g/mol. The Morgan fingerprint density at radius 3 is 3.07 bits per heavy atom. The minimum Gasteiger partial charge on any atom is -0.395 e. The van der Waals surface area contributed by atoms with Crippen molar-refractivity contribution in [2.24, 2.45) is 0 Å². The van der Waals surface area contributed by atoms with Gasteiger partial charge in [-0.05, 0) is 11.6 Å². The number of amides is 1. The molecule has 0 radical (unpaired) electrons. The first kappa shape index (κ1) is 11.2. The van der Waals surface area contributed by atoms with E-state index in [1.165, 1.54) is 19.2 Å². The molecule has 0 bridgehead atoms. The number of nitrogens with two attached hydrogens (primary N) is 1.